The molecule has 0 saturated carbocycles. The maximum atomic E-state index is 13.4. The van der Waals surface area contributed by atoms with Crippen LogP contribution < -0.4 is 10.6 Å². The minimum absolute atomic E-state index is 0.233. The van der Waals surface area contributed by atoms with Crippen LogP contribution in [0.5, 0.6) is 0 Å². The summed E-state index contributed by atoms with van der Waals surface area (Å²) < 4.78 is 26.5. The highest BCUT2D eigenvalue weighted by Crippen LogP contribution is 2.23. The lowest BCUT2D eigenvalue weighted by molar-refractivity contribution is 0.158. The highest BCUT2D eigenvalue weighted by Gasteiger charge is 2.16. The van der Waals surface area contributed by atoms with Gasteiger partial charge in [0.1, 0.15) is 0 Å². The van der Waals surface area contributed by atoms with Gasteiger partial charge in [0.2, 0.25) is 0 Å². The Hall–Kier alpha value is -1.99. The fourth-order valence-corrected chi connectivity index (χ4v) is 2.70. The maximum Gasteiger partial charge on any atom is 0.319 e. The van der Waals surface area contributed by atoms with E-state index in [1.807, 2.05) is 17.5 Å². The quantitative estimate of drug-likeness (QED) is 0.785. The number of hydrogen-bond donors (Lipinski definition) is 3. The largest absolute Gasteiger partial charge is 0.387 e. The number of rotatable bonds is 5. The normalized spacial score (nSPS) is 13.5. The van der Waals surface area contributed by atoms with Gasteiger partial charge in [-0.3, -0.25) is 0 Å². The second-order valence-electron chi connectivity index (χ2n) is 4.87. The van der Waals surface area contributed by atoms with Crippen molar-refractivity contribution < 1.29 is 18.7 Å². The number of benzene rings is 1. The highest BCUT2D eigenvalue weighted by atomic mass is 32.1. The van der Waals surface area contributed by atoms with Gasteiger partial charge >= 0.3 is 6.03 Å². The number of carbonyl (C=O) groups is 1. The van der Waals surface area contributed by atoms with Crippen LogP contribution in [0.3, 0.4) is 0 Å². The van der Waals surface area contributed by atoms with Crippen molar-refractivity contribution in [3.63, 3.8) is 0 Å². The third-order valence-electron chi connectivity index (χ3n) is 3.03. The van der Waals surface area contributed by atoms with Crippen molar-refractivity contribution in [1.82, 2.24) is 5.32 Å². The van der Waals surface area contributed by atoms with Crippen LogP contribution in [0.1, 0.15) is 24.3 Å². The summed E-state index contributed by atoms with van der Waals surface area (Å²) in [6, 6.07) is 6.19. The lowest BCUT2D eigenvalue weighted by Crippen LogP contribution is -2.37. The summed E-state index contributed by atoms with van der Waals surface area (Å²) in [5, 5.41) is 16.7. The number of nitrogens with one attached hydrogen (secondary N) is 2. The number of urea groups is 1. The lowest BCUT2D eigenvalue weighted by Gasteiger charge is -2.17. The van der Waals surface area contributed by atoms with E-state index in [1.165, 1.54) is 23.5 Å². The summed E-state index contributed by atoms with van der Waals surface area (Å²) in [4.78, 5) is 12.6. The average molecular weight is 326 g/mol. The van der Waals surface area contributed by atoms with Crippen molar-refractivity contribution in [3.8, 4) is 0 Å². The molecule has 1 aromatic heterocycles. The Morgan fingerprint density at radius 1 is 1.32 bits per heavy atom. The zero-order chi connectivity index (χ0) is 16.1. The number of thiophene rings is 1. The molecular formula is C15H16F2N2O2S. The molecule has 0 radical (unpaired) electrons. The van der Waals surface area contributed by atoms with Crippen LogP contribution in [0, 0.1) is 11.6 Å². The first-order valence-corrected chi connectivity index (χ1v) is 7.58. The second-order valence-corrected chi connectivity index (χ2v) is 5.85. The van der Waals surface area contributed by atoms with Crippen molar-refractivity contribution in [2.45, 2.75) is 25.5 Å². The van der Waals surface area contributed by atoms with Crippen molar-refractivity contribution in [2.75, 3.05) is 5.32 Å². The van der Waals surface area contributed by atoms with Crippen LogP contribution in [0.25, 0.3) is 0 Å². The van der Waals surface area contributed by atoms with Gasteiger partial charge in [-0.15, -0.1) is 11.3 Å². The number of aliphatic hydroxyl groups is 1. The first kappa shape index (κ1) is 16.4. The zero-order valence-electron chi connectivity index (χ0n) is 11.8. The van der Waals surface area contributed by atoms with Crippen LogP contribution in [0.15, 0.2) is 35.7 Å². The Morgan fingerprint density at radius 3 is 2.77 bits per heavy atom. The Bertz CT molecular complexity index is 634. The molecule has 7 heteroatoms. The predicted octanol–water partition coefficient (Wildman–Crippen LogP) is 3.66. The maximum absolute atomic E-state index is 13.4. The second kappa shape index (κ2) is 7.33. The number of anilines is 1. The van der Waals surface area contributed by atoms with E-state index < -0.39 is 23.8 Å². The molecule has 0 fully saturated rings. The van der Waals surface area contributed by atoms with Crippen molar-refractivity contribution in [3.05, 3.63) is 52.2 Å². The zero-order valence-corrected chi connectivity index (χ0v) is 12.7. The van der Waals surface area contributed by atoms with E-state index in [1.54, 1.807) is 6.92 Å². The van der Waals surface area contributed by atoms with Crippen LogP contribution in [0.4, 0.5) is 19.3 Å². The molecule has 0 aliphatic heterocycles. The number of carbonyl (C=O) groups excluding carboxylic acids is 1. The molecule has 0 unspecified atom stereocenters. The molecule has 2 amide bonds. The molecule has 2 rings (SSSR count). The Balaban J connectivity index is 1.87. The summed E-state index contributed by atoms with van der Waals surface area (Å²) in [6.07, 6.45) is -0.360. The van der Waals surface area contributed by atoms with Gasteiger partial charge in [0.05, 0.1) is 11.8 Å². The van der Waals surface area contributed by atoms with E-state index in [-0.39, 0.29) is 11.7 Å². The van der Waals surface area contributed by atoms with Crippen molar-refractivity contribution in [1.29, 1.82) is 0 Å². The predicted molar refractivity (Wildman–Crippen MR) is 81.9 cm³/mol. The molecule has 2 atom stereocenters. The molecule has 22 heavy (non-hydrogen) atoms. The molecular weight excluding hydrogens is 310 g/mol. The summed E-state index contributed by atoms with van der Waals surface area (Å²) in [5.74, 6) is -2.14. The van der Waals surface area contributed by atoms with Crippen LogP contribution in [-0.4, -0.2) is 17.2 Å². The molecule has 0 saturated heterocycles. The van der Waals surface area contributed by atoms with Gasteiger partial charge in [-0.25, -0.2) is 13.6 Å². The summed E-state index contributed by atoms with van der Waals surface area (Å²) in [5.41, 5.74) is -0.233. The van der Waals surface area contributed by atoms with E-state index in [4.69, 9.17) is 0 Å². The first-order chi connectivity index (χ1) is 10.5. The van der Waals surface area contributed by atoms with Gasteiger partial charge in [0, 0.05) is 10.9 Å². The summed E-state index contributed by atoms with van der Waals surface area (Å²) in [6.45, 7) is 1.72. The Labute approximate surface area is 130 Å². The third kappa shape index (κ3) is 4.25. The fraction of sp³-hybridized carbons (Fsp3) is 0.267. The number of hydrogen-bond acceptors (Lipinski definition) is 3. The summed E-state index contributed by atoms with van der Waals surface area (Å²) >= 11 is 1.43. The highest BCUT2D eigenvalue weighted by molar-refractivity contribution is 7.10. The molecule has 0 spiro atoms. The van der Waals surface area contributed by atoms with Crippen LogP contribution >= 0.6 is 11.3 Å². The van der Waals surface area contributed by atoms with E-state index in [2.05, 4.69) is 10.6 Å². The van der Waals surface area contributed by atoms with Gasteiger partial charge in [0.15, 0.2) is 11.6 Å². The molecule has 118 valence electrons. The minimum Gasteiger partial charge on any atom is -0.387 e. The van der Waals surface area contributed by atoms with E-state index in [0.29, 0.717) is 6.42 Å². The molecule has 1 aromatic carbocycles. The van der Waals surface area contributed by atoms with E-state index >= 15 is 0 Å². The molecule has 3 N–H and O–H groups in total. The Kier molecular flexibility index (Phi) is 5.46. The monoisotopic (exact) mass is 326 g/mol. The number of halogens is 2. The summed E-state index contributed by atoms with van der Waals surface area (Å²) in [7, 11) is 0. The lowest BCUT2D eigenvalue weighted by atomic mass is 10.1. The van der Waals surface area contributed by atoms with E-state index in [9.17, 15) is 18.7 Å². The average Bonchev–Trinajstić information content (AvgIpc) is 2.97. The van der Waals surface area contributed by atoms with Gasteiger partial charge in [-0.05, 0) is 36.9 Å². The van der Waals surface area contributed by atoms with Gasteiger partial charge < -0.3 is 15.7 Å². The first-order valence-electron chi connectivity index (χ1n) is 6.70. The Morgan fingerprint density at radius 2 is 2.09 bits per heavy atom. The standard InChI is InChI=1S/C15H16F2N2O2S/c1-9(8-12(20)13-6-3-7-22-13)18-15(21)19-11-5-2-4-10(16)14(11)17/h2-7,9,12,20H,8H2,1H3,(H2,18,19,21)/t9-,12+/m0/s1. The number of aliphatic hydroxyl groups excluding tert-OH is 1. The molecule has 0 aliphatic carbocycles. The molecule has 0 aliphatic rings. The van der Waals surface area contributed by atoms with Gasteiger partial charge in [-0.2, -0.15) is 0 Å². The topological polar surface area (TPSA) is 61.4 Å². The van der Waals surface area contributed by atoms with Crippen molar-refractivity contribution in [2.24, 2.45) is 0 Å². The fourth-order valence-electron chi connectivity index (χ4n) is 1.97. The van der Waals surface area contributed by atoms with Crippen LogP contribution in [-0.2, 0) is 0 Å². The van der Waals surface area contributed by atoms with Gasteiger partial charge in [-0.1, -0.05) is 12.1 Å². The molecule has 4 nitrogen and oxygen atoms in total. The van der Waals surface area contributed by atoms with Gasteiger partial charge in [0.25, 0.3) is 0 Å². The smallest absolute Gasteiger partial charge is 0.319 e. The third-order valence-corrected chi connectivity index (χ3v) is 4.00. The van der Waals surface area contributed by atoms with Crippen molar-refractivity contribution >= 4 is 23.1 Å². The SMILES string of the molecule is C[C@@H](C[C@@H](O)c1cccs1)NC(=O)Nc1cccc(F)c1F. The number of amides is 2. The molecule has 0 bridgehead atoms. The van der Waals surface area contributed by atoms with Crippen LogP contribution in [0.2, 0.25) is 0 Å². The van der Waals surface area contributed by atoms with E-state index in [0.717, 1.165) is 10.9 Å². The minimum atomic E-state index is -1.11. The molecule has 1 heterocycles. The molecule has 2 aromatic rings.